The van der Waals surface area contributed by atoms with Gasteiger partial charge in [0.2, 0.25) is 0 Å². The Morgan fingerprint density at radius 3 is 2.87 bits per heavy atom. The van der Waals surface area contributed by atoms with E-state index in [0.29, 0.717) is 0 Å². The first-order chi connectivity index (χ1) is 7.36. The third kappa shape index (κ3) is 2.63. The molecular formula is C11H13N3O. The monoisotopic (exact) mass is 203 g/mol. The first-order valence-corrected chi connectivity index (χ1v) is 4.87. The second kappa shape index (κ2) is 4.70. The molecule has 0 radical (unpaired) electrons. The zero-order chi connectivity index (χ0) is 10.5. The highest BCUT2D eigenvalue weighted by molar-refractivity contribution is 5.06. The Balaban J connectivity index is 1.89. The molecule has 1 atom stereocenters. The Morgan fingerprint density at radius 2 is 2.20 bits per heavy atom. The lowest BCUT2D eigenvalue weighted by Crippen LogP contribution is -2.17. The van der Waals surface area contributed by atoms with Gasteiger partial charge in [0.15, 0.2) is 0 Å². The summed E-state index contributed by atoms with van der Waals surface area (Å²) in [5.74, 6) is 0.937. The largest absolute Gasteiger partial charge is 0.468 e. The third-order valence-corrected chi connectivity index (χ3v) is 2.20. The molecule has 15 heavy (non-hydrogen) atoms. The van der Waals surface area contributed by atoms with Crippen LogP contribution in [-0.4, -0.2) is 9.97 Å². The van der Waals surface area contributed by atoms with Gasteiger partial charge in [0.05, 0.1) is 12.3 Å². The molecular weight excluding hydrogens is 190 g/mol. The lowest BCUT2D eigenvalue weighted by molar-refractivity contribution is 0.430. The average Bonchev–Trinajstić information content (AvgIpc) is 2.81. The number of nitrogens with zero attached hydrogens (tertiary/aromatic N) is 2. The van der Waals surface area contributed by atoms with Crippen molar-refractivity contribution in [1.29, 1.82) is 0 Å². The van der Waals surface area contributed by atoms with Gasteiger partial charge in [0, 0.05) is 24.5 Å². The summed E-state index contributed by atoms with van der Waals surface area (Å²) in [6, 6.07) is 4.04. The minimum Gasteiger partial charge on any atom is -0.468 e. The van der Waals surface area contributed by atoms with Crippen LogP contribution in [0.4, 0.5) is 0 Å². The van der Waals surface area contributed by atoms with E-state index in [4.69, 9.17) is 4.42 Å². The molecule has 0 saturated carbocycles. The molecule has 0 fully saturated rings. The van der Waals surface area contributed by atoms with Crippen molar-refractivity contribution in [3.63, 3.8) is 0 Å². The van der Waals surface area contributed by atoms with Gasteiger partial charge in [-0.05, 0) is 19.1 Å². The van der Waals surface area contributed by atoms with Gasteiger partial charge in [-0.3, -0.25) is 0 Å². The molecule has 1 N–H and O–H groups in total. The number of rotatable bonds is 4. The third-order valence-electron chi connectivity index (χ3n) is 2.20. The summed E-state index contributed by atoms with van der Waals surface area (Å²) in [4.78, 5) is 7.90. The van der Waals surface area contributed by atoms with Crippen LogP contribution in [0.3, 0.4) is 0 Å². The summed E-state index contributed by atoms with van der Waals surface area (Å²) in [7, 11) is 0. The molecule has 0 aliphatic carbocycles. The van der Waals surface area contributed by atoms with E-state index in [1.54, 1.807) is 18.7 Å². The van der Waals surface area contributed by atoms with Crippen LogP contribution < -0.4 is 5.32 Å². The van der Waals surface area contributed by atoms with E-state index in [1.807, 2.05) is 12.1 Å². The van der Waals surface area contributed by atoms with Crippen molar-refractivity contribution in [2.24, 2.45) is 0 Å². The normalized spacial score (nSPS) is 12.6. The van der Waals surface area contributed by atoms with Crippen molar-refractivity contribution in [3.05, 3.63) is 48.4 Å². The van der Waals surface area contributed by atoms with Crippen LogP contribution in [0.1, 0.15) is 24.3 Å². The molecule has 2 aromatic heterocycles. The summed E-state index contributed by atoms with van der Waals surface area (Å²) in [6.07, 6.45) is 6.81. The van der Waals surface area contributed by atoms with E-state index in [2.05, 4.69) is 22.2 Å². The standard InChI is InChI=1S/C11H13N3O/c1-9(11-3-2-4-15-11)14-7-10-5-12-8-13-6-10/h2-6,8-9,14H,7H2,1H3. The van der Waals surface area contributed by atoms with Crippen molar-refractivity contribution in [2.45, 2.75) is 19.5 Å². The SMILES string of the molecule is CC(NCc1cncnc1)c1ccco1. The predicted octanol–water partition coefficient (Wildman–Crippen LogP) is 1.92. The molecule has 78 valence electrons. The summed E-state index contributed by atoms with van der Waals surface area (Å²) in [5.41, 5.74) is 1.07. The fraction of sp³-hybridized carbons (Fsp3) is 0.273. The van der Waals surface area contributed by atoms with Gasteiger partial charge in [0.1, 0.15) is 12.1 Å². The summed E-state index contributed by atoms with van der Waals surface area (Å²) >= 11 is 0. The van der Waals surface area contributed by atoms with Gasteiger partial charge in [-0.15, -0.1) is 0 Å². The number of aromatic nitrogens is 2. The van der Waals surface area contributed by atoms with Crippen molar-refractivity contribution >= 4 is 0 Å². The highest BCUT2D eigenvalue weighted by Gasteiger charge is 2.06. The van der Waals surface area contributed by atoms with Crippen LogP contribution in [-0.2, 0) is 6.54 Å². The fourth-order valence-electron chi connectivity index (χ4n) is 1.33. The predicted molar refractivity (Wildman–Crippen MR) is 56.0 cm³/mol. The van der Waals surface area contributed by atoms with Crippen molar-refractivity contribution < 1.29 is 4.42 Å². The Kier molecular flexibility index (Phi) is 3.09. The lowest BCUT2D eigenvalue weighted by atomic mass is 10.2. The van der Waals surface area contributed by atoms with E-state index in [1.165, 1.54) is 6.33 Å². The van der Waals surface area contributed by atoms with E-state index in [0.717, 1.165) is 17.9 Å². The van der Waals surface area contributed by atoms with Crippen molar-refractivity contribution in [3.8, 4) is 0 Å². The smallest absolute Gasteiger partial charge is 0.120 e. The first kappa shape index (κ1) is 9.86. The van der Waals surface area contributed by atoms with E-state index < -0.39 is 0 Å². The van der Waals surface area contributed by atoms with E-state index >= 15 is 0 Å². The van der Waals surface area contributed by atoms with Crippen LogP contribution in [0.5, 0.6) is 0 Å². The van der Waals surface area contributed by atoms with Crippen molar-refractivity contribution in [1.82, 2.24) is 15.3 Å². The maximum absolute atomic E-state index is 5.29. The van der Waals surface area contributed by atoms with Crippen LogP contribution in [0.15, 0.2) is 41.5 Å². The molecule has 2 aromatic rings. The van der Waals surface area contributed by atoms with E-state index in [9.17, 15) is 0 Å². The summed E-state index contributed by atoms with van der Waals surface area (Å²) < 4.78 is 5.29. The van der Waals surface area contributed by atoms with E-state index in [-0.39, 0.29) is 6.04 Å². The minimum atomic E-state index is 0.195. The highest BCUT2D eigenvalue weighted by Crippen LogP contribution is 2.12. The van der Waals surface area contributed by atoms with Gasteiger partial charge in [0.25, 0.3) is 0 Å². The molecule has 0 bridgehead atoms. The number of hydrogen-bond donors (Lipinski definition) is 1. The molecule has 2 heterocycles. The second-order valence-corrected chi connectivity index (χ2v) is 3.36. The van der Waals surface area contributed by atoms with Crippen LogP contribution >= 0.6 is 0 Å². The fourth-order valence-corrected chi connectivity index (χ4v) is 1.33. The van der Waals surface area contributed by atoms with Crippen LogP contribution in [0.25, 0.3) is 0 Å². The molecule has 1 unspecified atom stereocenters. The molecule has 2 rings (SSSR count). The van der Waals surface area contributed by atoms with Gasteiger partial charge >= 0.3 is 0 Å². The van der Waals surface area contributed by atoms with Crippen molar-refractivity contribution in [2.75, 3.05) is 0 Å². The van der Waals surface area contributed by atoms with Gasteiger partial charge in [-0.2, -0.15) is 0 Å². The molecule has 0 aliphatic rings. The molecule has 4 heteroatoms. The highest BCUT2D eigenvalue weighted by atomic mass is 16.3. The lowest BCUT2D eigenvalue weighted by Gasteiger charge is -2.10. The maximum atomic E-state index is 5.29. The number of furan rings is 1. The Labute approximate surface area is 88.4 Å². The minimum absolute atomic E-state index is 0.195. The summed E-state index contributed by atoms with van der Waals surface area (Å²) in [5, 5.41) is 3.33. The number of nitrogens with one attached hydrogen (secondary N) is 1. The topological polar surface area (TPSA) is 51.0 Å². The zero-order valence-corrected chi connectivity index (χ0v) is 8.55. The van der Waals surface area contributed by atoms with Gasteiger partial charge in [-0.25, -0.2) is 9.97 Å². The zero-order valence-electron chi connectivity index (χ0n) is 8.55. The molecule has 0 aromatic carbocycles. The quantitative estimate of drug-likeness (QED) is 0.824. The van der Waals surface area contributed by atoms with Gasteiger partial charge < -0.3 is 9.73 Å². The number of hydrogen-bond acceptors (Lipinski definition) is 4. The van der Waals surface area contributed by atoms with Gasteiger partial charge in [-0.1, -0.05) is 0 Å². The van der Waals surface area contributed by atoms with Crippen LogP contribution in [0.2, 0.25) is 0 Å². The maximum Gasteiger partial charge on any atom is 0.120 e. The molecule has 0 saturated heterocycles. The Hall–Kier alpha value is -1.68. The molecule has 0 spiro atoms. The first-order valence-electron chi connectivity index (χ1n) is 4.87. The Morgan fingerprint density at radius 1 is 1.40 bits per heavy atom. The van der Waals surface area contributed by atoms with Crippen LogP contribution in [0, 0.1) is 0 Å². The molecule has 0 aliphatic heterocycles. The average molecular weight is 203 g/mol. The Bertz CT molecular complexity index is 385. The molecule has 0 amide bonds. The molecule has 4 nitrogen and oxygen atoms in total. The summed E-state index contributed by atoms with van der Waals surface area (Å²) in [6.45, 7) is 2.80. The second-order valence-electron chi connectivity index (χ2n) is 3.36.